The average molecular weight is 222 g/mol. The van der Waals surface area contributed by atoms with Crippen molar-refractivity contribution in [2.24, 2.45) is 0 Å². The normalized spacial score (nSPS) is 15.5. The molecule has 0 unspecified atom stereocenters. The van der Waals surface area contributed by atoms with Gasteiger partial charge in [-0.3, -0.25) is 9.20 Å². The second-order valence-electron chi connectivity index (χ2n) is 3.75. The minimum absolute atomic E-state index is 0.170. The molecule has 0 fully saturated rings. The summed E-state index contributed by atoms with van der Waals surface area (Å²) in [5.74, 6) is -0.182. The van der Waals surface area contributed by atoms with Crippen molar-refractivity contribution in [3.05, 3.63) is 27.0 Å². The molecule has 4 nitrogen and oxygen atoms in total. The number of hydrogen-bond acceptors (Lipinski definition) is 4. The summed E-state index contributed by atoms with van der Waals surface area (Å²) >= 11 is 1.52. The smallest absolute Gasteiger partial charge is 0.262 e. The molecule has 3 rings (SSSR count). The summed E-state index contributed by atoms with van der Waals surface area (Å²) in [6, 6.07) is 1.18. The van der Waals surface area contributed by atoms with Crippen LogP contribution in [-0.4, -0.2) is 14.5 Å². The zero-order valence-electron chi connectivity index (χ0n) is 8.06. The highest BCUT2D eigenvalue weighted by Crippen LogP contribution is 2.28. The van der Waals surface area contributed by atoms with Gasteiger partial charge in [-0.1, -0.05) is 0 Å². The standard InChI is InChI=1S/C10H10N2O2S/c13-8-5-9(14)12-6-3-1-2-4-7(6)15-10(12)11-8/h5,13H,1-4H2. The van der Waals surface area contributed by atoms with Gasteiger partial charge in [-0.15, -0.1) is 11.3 Å². The number of aromatic nitrogens is 2. The fourth-order valence-electron chi connectivity index (χ4n) is 2.08. The van der Waals surface area contributed by atoms with Crippen LogP contribution in [0.5, 0.6) is 5.88 Å². The number of nitrogens with zero attached hydrogens (tertiary/aromatic N) is 2. The molecule has 0 saturated heterocycles. The highest BCUT2D eigenvalue weighted by atomic mass is 32.1. The van der Waals surface area contributed by atoms with Crippen molar-refractivity contribution >= 4 is 16.3 Å². The molecular formula is C10H10N2O2S. The van der Waals surface area contributed by atoms with Crippen LogP contribution in [0, 0.1) is 0 Å². The summed E-state index contributed by atoms with van der Waals surface area (Å²) in [5, 5.41) is 9.25. The lowest BCUT2D eigenvalue weighted by atomic mass is 10.0. The van der Waals surface area contributed by atoms with Crippen molar-refractivity contribution in [1.29, 1.82) is 0 Å². The van der Waals surface area contributed by atoms with E-state index < -0.39 is 0 Å². The van der Waals surface area contributed by atoms with Crippen molar-refractivity contribution < 1.29 is 5.11 Å². The fourth-order valence-corrected chi connectivity index (χ4v) is 3.29. The lowest BCUT2D eigenvalue weighted by Crippen LogP contribution is -2.16. The van der Waals surface area contributed by atoms with Crippen LogP contribution in [0.25, 0.3) is 4.96 Å². The van der Waals surface area contributed by atoms with Gasteiger partial charge in [0.2, 0.25) is 5.88 Å². The maximum atomic E-state index is 11.7. The Morgan fingerprint density at radius 2 is 2.20 bits per heavy atom. The topological polar surface area (TPSA) is 54.6 Å². The SMILES string of the molecule is O=c1cc(O)nc2sc3c(n12)CCCC3. The summed E-state index contributed by atoms with van der Waals surface area (Å²) in [4.78, 5) is 17.5. The van der Waals surface area contributed by atoms with Crippen molar-refractivity contribution in [3.63, 3.8) is 0 Å². The minimum atomic E-state index is -0.182. The number of aromatic hydroxyl groups is 1. The molecule has 0 atom stereocenters. The molecule has 0 aliphatic heterocycles. The predicted molar refractivity (Wildman–Crippen MR) is 57.6 cm³/mol. The number of aryl methyl sites for hydroxylation is 2. The third-order valence-electron chi connectivity index (χ3n) is 2.75. The summed E-state index contributed by atoms with van der Waals surface area (Å²) in [6.45, 7) is 0. The third-order valence-corrected chi connectivity index (χ3v) is 3.89. The number of hydrogen-bond donors (Lipinski definition) is 1. The van der Waals surface area contributed by atoms with Gasteiger partial charge in [-0.2, -0.15) is 4.98 Å². The Balaban J connectivity index is 2.42. The Kier molecular flexibility index (Phi) is 1.82. The lowest BCUT2D eigenvalue weighted by Gasteiger charge is -2.09. The van der Waals surface area contributed by atoms with E-state index in [0.29, 0.717) is 4.96 Å². The molecule has 0 radical (unpaired) electrons. The van der Waals surface area contributed by atoms with Crippen molar-refractivity contribution in [1.82, 2.24) is 9.38 Å². The van der Waals surface area contributed by atoms with Crippen LogP contribution in [0.4, 0.5) is 0 Å². The van der Waals surface area contributed by atoms with E-state index in [1.165, 1.54) is 28.7 Å². The second kappa shape index (κ2) is 3.06. The molecule has 1 N–H and O–H groups in total. The Bertz CT molecular complexity index is 585. The molecule has 78 valence electrons. The summed E-state index contributed by atoms with van der Waals surface area (Å²) in [5.41, 5.74) is 0.927. The van der Waals surface area contributed by atoms with E-state index in [-0.39, 0.29) is 11.4 Å². The van der Waals surface area contributed by atoms with Gasteiger partial charge >= 0.3 is 0 Å². The van der Waals surface area contributed by atoms with Crippen molar-refractivity contribution in [3.8, 4) is 5.88 Å². The highest BCUT2D eigenvalue weighted by molar-refractivity contribution is 7.17. The Morgan fingerprint density at radius 3 is 3.07 bits per heavy atom. The van der Waals surface area contributed by atoms with E-state index in [1.54, 1.807) is 4.40 Å². The van der Waals surface area contributed by atoms with Gasteiger partial charge in [0.1, 0.15) is 0 Å². The van der Waals surface area contributed by atoms with E-state index in [4.69, 9.17) is 0 Å². The maximum Gasteiger partial charge on any atom is 0.262 e. The van der Waals surface area contributed by atoms with Crippen LogP contribution < -0.4 is 5.56 Å². The minimum Gasteiger partial charge on any atom is -0.493 e. The van der Waals surface area contributed by atoms with E-state index in [9.17, 15) is 9.90 Å². The van der Waals surface area contributed by atoms with Crippen LogP contribution in [0.15, 0.2) is 10.9 Å². The zero-order valence-corrected chi connectivity index (χ0v) is 8.88. The van der Waals surface area contributed by atoms with Crippen LogP contribution in [0.2, 0.25) is 0 Å². The number of thiazole rings is 1. The van der Waals surface area contributed by atoms with E-state index in [2.05, 4.69) is 4.98 Å². The Hall–Kier alpha value is -1.36. The van der Waals surface area contributed by atoms with Gasteiger partial charge in [0.25, 0.3) is 5.56 Å². The molecule has 2 aromatic heterocycles. The number of fused-ring (bicyclic) bond motifs is 3. The summed E-state index contributed by atoms with van der Waals surface area (Å²) in [6.07, 6.45) is 4.29. The largest absolute Gasteiger partial charge is 0.493 e. The predicted octanol–water partition coefficient (Wildman–Crippen LogP) is 1.34. The molecule has 0 aromatic carbocycles. The van der Waals surface area contributed by atoms with E-state index in [1.807, 2.05) is 0 Å². The molecule has 15 heavy (non-hydrogen) atoms. The molecule has 0 amide bonds. The molecule has 5 heteroatoms. The van der Waals surface area contributed by atoms with Gasteiger partial charge in [0.05, 0.1) is 6.07 Å². The summed E-state index contributed by atoms with van der Waals surface area (Å²) in [7, 11) is 0. The first-order valence-electron chi connectivity index (χ1n) is 4.99. The van der Waals surface area contributed by atoms with Crippen molar-refractivity contribution in [2.75, 3.05) is 0 Å². The van der Waals surface area contributed by atoms with Crippen LogP contribution in [0.3, 0.4) is 0 Å². The quantitative estimate of drug-likeness (QED) is 0.731. The highest BCUT2D eigenvalue weighted by Gasteiger charge is 2.18. The Labute approximate surface area is 89.8 Å². The molecule has 1 aliphatic rings. The first-order valence-corrected chi connectivity index (χ1v) is 5.80. The second-order valence-corrected chi connectivity index (χ2v) is 4.81. The van der Waals surface area contributed by atoms with Gasteiger partial charge in [0, 0.05) is 10.6 Å². The average Bonchev–Trinajstić information content (AvgIpc) is 2.54. The van der Waals surface area contributed by atoms with Gasteiger partial charge in [-0.05, 0) is 25.7 Å². The first kappa shape index (κ1) is 8.91. The number of rotatable bonds is 0. The fraction of sp³-hybridized carbons (Fsp3) is 0.400. The van der Waals surface area contributed by atoms with Gasteiger partial charge in [0.15, 0.2) is 4.96 Å². The zero-order chi connectivity index (χ0) is 10.4. The van der Waals surface area contributed by atoms with Gasteiger partial charge < -0.3 is 5.11 Å². The molecule has 0 spiro atoms. The maximum absolute atomic E-state index is 11.7. The molecular weight excluding hydrogens is 212 g/mol. The monoisotopic (exact) mass is 222 g/mol. The van der Waals surface area contributed by atoms with Gasteiger partial charge in [-0.25, -0.2) is 0 Å². The van der Waals surface area contributed by atoms with Crippen LogP contribution >= 0.6 is 11.3 Å². The molecule has 1 aliphatic carbocycles. The van der Waals surface area contributed by atoms with Crippen LogP contribution in [0.1, 0.15) is 23.4 Å². The molecule has 2 heterocycles. The molecule has 0 saturated carbocycles. The Morgan fingerprint density at radius 1 is 1.40 bits per heavy atom. The molecule has 0 bridgehead atoms. The van der Waals surface area contributed by atoms with E-state index in [0.717, 1.165) is 25.0 Å². The van der Waals surface area contributed by atoms with E-state index >= 15 is 0 Å². The van der Waals surface area contributed by atoms with Crippen LogP contribution in [-0.2, 0) is 12.8 Å². The molecule has 2 aromatic rings. The van der Waals surface area contributed by atoms with Crippen molar-refractivity contribution in [2.45, 2.75) is 25.7 Å². The third kappa shape index (κ3) is 1.26. The first-order chi connectivity index (χ1) is 7.25. The lowest BCUT2D eigenvalue weighted by molar-refractivity contribution is 0.453. The summed E-state index contributed by atoms with van der Waals surface area (Å²) < 4.78 is 1.64.